The third kappa shape index (κ3) is 6.13. The Bertz CT molecular complexity index is 153. The van der Waals surface area contributed by atoms with Crippen LogP contribution in [0.3, 0.4) is 0 Å². The van der Waals surface area contributed by atoms with Gasteiger partial charge < -0.3 is 15.1 Å². The molecule has 90 valence electrons. The molecule has 1 rings (SSSR count). The van der Waals surface area contributed by atoms with Gasteiger partial charge in [-0.1, -0.05) is 13.8 Å². The monoisotopic (exact) mass is 213 g/mol. The molecule has 3 nitrogen and oxygen atoms in total. The zero-order valence-electron chi connectivity index (χ0n) is 10.6. The van der Waals surface area contributed by atoms with Gasteiger partial charge in [-0.3, -0.25) is 0 Å². The smallest absolute Gasteiger partial charge is 0.0107 e. The lowest BCUT2D eigenvalue weighted by Gasteiger charge is -2.28. The summed E-state index contributed by atoms with van der Waals surface area (Å²) in [5.74, 6) is 0.786. The fourth-order valence-electron chi connectivity index (χ4n) is 2.21. The molecule has 0 aromatic heterocycles. The van der Waals surface area contributed by atoms with E-state index in [1.165, 1.54) is 52.2 Å². The minimum absolute atomic E-state index is 0.786. The molecular weight excluding hydrogens is 186 g/mol. The molecule has 15 heavy (non-hydrogen) atoms. The van der Waals surface area contributed by atoms with Crippen LogP contribution in [-0.2, 0) is 0 Å². The van der Waals surface area contributed by atoms with E-state index in [1.807, 2.05) is 0 Å². The third-order valence-electron chi connectivity index (χ3n) is 2.90. The fourth-order valence-corrected chi connectivity index (χ4v) is 2.21. The van der Waals surface area contributed by atoms with E-state index in [1.54, 1.807) is 0 Å². The van der Waals surface area contributed by atoms with Gasteiger partial charge in [0.15, 0.2) is 0 Å². The summed E-state index contributed by atoms with van der Waals surface area (Å²) in [5, 5.41) is 3.39. The molecule has 0 atom stereocenters. The van der Waals surface area contributed by atoms with Gasteiger partial charge >= 0.3 is 0 Å². The Labute approximate surface area is 94.8 Å². The van der Waals surface area contributed by atoms with Gasteiger partial charge in [0.1, 0.15) is 0 Å². The molecule has 0 aromatic carbocycles. The van der Waals surface area contributed by atoms with Crippen molar-refractivity contribution in [3.8, 4) is 0 Å². The molecule has 0 amide bonds. The van der Waals surface area contributed by atoms with E-state index in [0.717, 1.165) is 5.92 Å². The van der Waals surface area contributed by atoms with Crippen molar-refractivity contribution in [2.45, 2.75) is 20.3 Å². The average molecular weight is 213 g/mol. The van der Waals surface area contributed by atoms with Crippen LogP contribution in [0.2, 0.25) is 0 Å². The zero-order chi connectivity index (χ0) is 11.1. The Morgan fingerprint density at radius 2 is 1.93 bits per heavy atom. The number of nitrogens with zero attached hydrogens (tertiary/aromatic N) is 2. The molecule has 0 aromatic rings. The second-order valence-electron chi connectivity index (χ2n) is 5.10. The van der Waals surface area contributed by atoms with E-state index in [2.05, 4.69) is 36.0 Å². The second kappa shape index (κ2) is 7.20. The van der Waals surface area contributed by atoms with Crippen LogP contribution in [0.4, 0.5) is 0 Å². The molecule has 0 radical (unpaired) electrons. The summed E-state index contributed by atoms with van der Waals surface area (Å²) in [5.41, 5.74) is 0. The van der Waals surface area contributed by atoms with E-state index < -0.39 is 0 Å². The van der Waals surface area contributed by atoms with E-state index in [4.69, 9.17) is 0 Å². The maximum Gasteiger partial charge on any atom is 0.0107 e. The van der Waals surface area contributed by atoms with Crippen molar-refractivity contribution >= 4 is 0 Å². The topological polar surface area (TPSA) is 18.5 Å². The molecule has 1 fully saturated rings. The highest BCUT2D eigenvalue weighted by Gasteiger charge is 2.09. The van der Waals surface area contributed by atoms with Crippen molar-refractivity contribution in [2.24, 2.45) is 5.92 Å². The van der Waals surface area contributed by atoms with Crippen LogP contribution in [0, 0.1) is 5.92 Å². The predicted octanol–water partition coefficient (Wildman–Crippen LogP) is 0.870. The van der Waals surface area contributed by atoms with Crippen molar-refractivity contribution in [1.29, 1.82) is 0 Å². The van der Waals surface area contributed by atoms with Crippen molar-refractivity contribution in [3.05, 3.63) is 0 Å². The van der Waals surface area contributed by atoms with Crippen LogP contribution in [0.15, 0.2) is 0 Å². The second-order valence-corrected chi connectivity index (χ2v) is 5.10. The van der Waals surface area contributed by atoms with Gasteiger partial charge in [-0.2, -0.15) is 0 Å². The third-order valence-corrected chi connectivity index (χ3v) is 2.90. The molecule has 0 spiro atoms. The quantitative estimate of drug-likeness (QED) is 0.706. The lowest BCUT2D eigenvalue weighted by atomic mass is 10.2. The molecule has 0 saturated carbocycles. The van der Waals surface area contributed by atoms with Crippen molar-refractivity contribution in [3.63, 3.8) is 0 Å². The van der Waals surface area contributed by atoms with Gasteiger partial charge in [0.05, 0.1) is 0 Å². The summed E-state index contributed by atoms with van der Waals surface area (Å²) in [7, 11) is 2.23. The molecule has 0 bridgehead atoms. The Morgan fingerprint density at radius 1 is 1.27 bits per heavy atom. The number of rotatable bonds is 6. The lowest BCUT2D eigenvalue weighted by molar-refractivity contribution is 0.216. The molecule has 0 unspecified atom stereocenters. The van der Waals surface area contributed by atoms with Gasteiger partial charge in [0.25, 0.3) is 0 Å². The SMILES string of the molecule is CC(C)CN(C)CCCN1CCNCC1. The van der Waals surface area contributed by atoms with E-state index in [-0.39, 0.29) is 0 Å². The largest absolute Gasteiger partial charge is 0.314 e. The lowest BCUT2D eigenvalue weighted by Crippen LogP contribution is -2.44. The Kier molecular flexibility index (Phi) is 6.22. The maximum atomic E-state index is 3.39. The highest BCUT2D eigenvalue weighted by molar-refractivity contribution is 4.68. The first-order chi connectivity index (χ1) is 7.18. The van der Waals surface area contributed by atoms with Crippen LogP contribution >= 0.6 is 0 Å². The minimum atomic E-state index is 0.786. The summed E-state index contributed by atoms with van der Waals surface area (Å²) >= 11 is 0. The average Bonchev–Trinajstić information content (AvgIpc) is 2.18. The number of piperazine rings is 1. The standard InChI is InChI=1S/C12H27N3/c1-12(2)11-14(3)7-4-8-15-9-5-13-6-10-15/h12-13H,4-11H2,1-3H3. The first-order valence-electron chi connectivity index (χ1n) is 6.30. The van der Waals surface area contributed by atoms with E-state index in [0.29, 0.717) is 0 Å². The van der Waals surface area contributed by atoms with E-state index >= 15 is 0 Å². The maximum absolute atomic E-state index is 3.39. The molecule has 0 aliphatic carbocycles. The fraction of sp³-hybridized carbons (Fsp3) is 1.00. The van der Waals surface area contributed by atoms with Gasteiger partial charge in [0, 0.05) is 32.7 Å². The molecule has 3 heteroatoms. The number of nitrogens with one attached hydrogen (secondary N) is 1. The van der Waals surface area contributed by atoms with Crippen LogP contribution in [0.5, 0.6) is 0 Å². The molecule has 1 aliphatic rings. The highest BCUT2D eigenvalue weighted by atomic mass is 15.2. The Hall–Kier alpha value is -0.120. The van der Waals surface area contributed by atoms with Gasteiger partial charge in [-0.05, 0) is 32.5 Å². The van der Waals surface area contributed by atoms with Crippen LogP contribution in [0.1, 0.15) is 20.3 Å². The predicted molar refractivity (Wildman–Crippen MR) is 66.3 cm³/mol. The van der Waals surface area contributed by atoms with Gasteiger partial charge in [0.2, 0.25) is 0 Å². The zero-order valence-corrected chi connectivity index (χ0v) is 10.6. The molecule has 1 heterocycles. The van der Waals surface area contributed by atoms with Crippen LogP contribution in [0.25, 0.3) is 0 Å². The molecule has 1 saturated heterocycles. The Morgan fingerprint density at radius 3 is 2.53 bits per heavy atom. The number of hydrogen-bond donors (Lipinski definition) is 1. The van der Waals surface area contributed by atoms with E-state index in [9.17, 15) is 0 Å². The summed E-state index contributed by atoms with van der Waals surface area (Å²) in [4.78, 5) is 5.02. The summed E-state index contributed by atoms with van der Waals surface area (Å²) < 4.78 is 0. The number of hydrogen-bond acceptors (Lipinski definition) is 3. The normalized spacial score (nSPS) is 19.0. The van der Waals surface area contributed by atoms with Crippen molar-refractivity contribution in [2.75, 3.05) is 52.9 Å². The summed E-state index contributed by atoms with van der Waals surface area (Å²) in [6.45, 7) is 13.1. The first-order valence-corrected chi connectivity index (χ1v) is 6.30. The van der Waals surface area contributed by atoms with Crippen molar-refractivity contribution < 1.29 is 0 Å². The Balaban J connectivity index is 1.99. The van der Waals surface area contributed by atoms with Gasteiger partial charge in [-0.25, -0.2) is 0 Å². The molecule has 1 N–H and O–H groups in total. The van der Waals surface area contributed by atoms with Crippen LogP contribution in [-0.4, -0.2) is 62.7 Å². The minimum Gasteiger partial charge on any atom is -0.314 e. The molecule has 1 aliphatic heterocycles. The van der Waals surface area contributed by atoms with Crippen LogP contribution < -0.4 is 5.32 Å². The molecular formula is C12H27N3. The van der Waals surface area contributed by atoms with Gasteiger partial charge in [-0.15, -0.1) is 0 Å². The first kappa shape index (κ1) is 12.9. The highest BCUT2D eigenvalue weighted by Crippen LogP contribution is 1.99. The summed E-state index contributed by atoms with van der Waals surface area (Å²) in [6.07, 6.45) is 1.31. The van der Waals surface area contributed by atoms with Crippen molar-refractivity contribution in [1.82, 2.24) is 15.1 Å². The summed E-state index contributed by atoms with van der Waals surface area (Å²) in [6, 6.07) is 0.